The molecule has 2 N–H and O–H groups in total. The Hall–Kier alpha value is -3.95. The van der Waals surface area contributed by atoms with Gasteiger partial charge in [-0.25, -0.2) is 0 Å². The predicted molar refractivity (Wildman–Crippen MR) is 144 cm³/mol. The fourth-order valence-electron chi connectivity index (χ4n) is 4.39. The molecule has 0 saturated carbocycles. The number of halogens is 4. The number of pyridine rings is 1. The van der Waals surface area contributed by atoms with Crippen molar-refractivity contribution in [2.75, 3.05) is 18.9 Å². The molecule has 0 saturated heterocycles. The first-order chi connectivity index (χ1) is 18.0. The molecule has 3 aromatic rings. The van der Waals surface area contributed by atoms with Crippen LogP contribution >= 0.6 is 11.6 Å². The molecule has 4 rings (SSSR count). The van der Waals surface area contributed by atoms with Crippen LogP contribution in [0.15, 0.2) is 90.4 Å². The Morgan fingerprint density at radius 3 is 2.61 bits per heavy atom. The van der Waals surface area contributed by atoms with Crippen molar-refractivity contribution in [3.8, 4) is 5.75 Å². The Morgan fingerprint density at radius 2 is 1.92 bits per heavy atom. The summed E-state index contributed by atoms with van der Waals surface area (Å²) in [6, 6.07) is 12.4. The van der Waals surface area contributed by atoms with Gasteiger partial charge in [-0.15, -0.1) is 13.2 Å². The Bertz CT molecular complexity index is 1480. The molecule has 6 nitrogen and oxygen atoms in total. The molecule has 0 amide bonds. The highest BCUT2D eigenvalue weighted by Crippen LogP contribution is 2.38. The van der Waals surface area contributed by atoms with E-state index in [1.807, 2.05) is 31.3 Å². The molecule has 1 aliphatic heterocycles. The normalized spacial score (nSPS) is 17.7. The van der Waals surface area contributed by atoms with Crippen LogP contribution in [0.4, 0.5) is 24.5 Å². The minimum absolute atomic E-state index is 0.176. The lowest BCUT2D eigenvalue weighted by Gasteiger charge is -2.38. The van der Waals surface area contributed by atoms with Gasteiger partial charge in [0.05, 0.1) is 18.0 Å². The molecule has 1 unspecified atom stereocenters. The van der Waals surface area contributed by atoms with Crippen molar-refractivity contribution < 1.29 is 22.7 Å². The summed E-state index contributed by atoms with van der Waals surface area (Å²) in [5.41, 5.74) is 3.57. The van der Waals surface area contributed by atoms with Crippen LogP contribution in [0.1, 0.15) is 13.3 Å². The van der Waals surface area contributed by atoms with Crippen LogP contribution < -0.4 is 14.5 Å². The van der Waals surface area contributed by atoms with Gasteiger partial charge in [-0.05, 0) is 54.5 Å². The Labute approximate surface area is 222 Å². The number of anilines is 1. The molecule has 0 spiro atoms. The highest BCUT2D eigenvalue weighted by atomic mass is 35.5. The minimum atomic E-state index is -4.77. The summed E-state index contributed by atoms with van der Waals surface area (Å²) in [7, 11) is 1.96. The van der Waals surface area contributed by atoms with E-state index < -0.39 is 12.1 Å². The van der Waals surface area contributed by atoms with E-state index in [2.05, 4.69) is 22.0 Å². The van der Waals surface area contributed by atoms with E-state index in [4.69, 9.17) is 17.0 Å². The van der Waals surface area contributed by atoms with E-state index in [1.54, 1.807) is 18.3 Å². The van der Waals surface area contributed by atoms with E-state index in [1.165, 1.54) is 30.0 Å². The summed E-state index contributed by atoms with van der Waals surface area (Å²) in [6.45, 7) is 2.64. The molecule has 1 aromatic heterocycles. The maximum Gasteiger partial charge on any atom is 0.573 e. The van der Waals surface area contributed by atoms with Crippen molar-refractivity contribution in [2.45, 2.75) is 19.7 Å². The number of allylic oxidation sites excluding steroid dienone is 4. The number of carbonyl (C=O) groups is 1. The SMILES string of the molecule is CCC1=CC=C(C(=N)C(=O)C=CNc2ccc(OC(F)(F)F)cc2)[N+](C)(c2ccnc3cc(Cl)ccc23)C1. The van der Waals surface area contributed by atoms with Crippen LogP contribution in [0.2, 0.25) is 5.02 Å². The van der Waals surface area contributed by atoms with Gasteiger partial charge in [0.2, 0.25) is 5.78 Å². The Kier molecular flexibility index (Phi) is 7.71. The molecule has 0 radical (unpaired) electrons. The first-order valence-corrected chi connectivity index (χ1v) is 12.1. The van der Waals surface area contributed by atoms with Crippen molar-refractivity contribution >= 4 is 45.4 Å². The quantitative estimate of drug-likeness (QED) is 0.180. The zero-order valence-corrected chi connectivity index (χ0v) is 21.4. The van der Waals surface area contributed by atoms with Crippen LogP contribution in [0.5, 0.6) is 5.75 Å². The molecule has 0 aliphatic carbocycles. The number of aromatic nitrogens is 1. The molecule has 2 aromatic carbocycles. The van der Waals surface area contributed by atoms with Crippen LogP contribution in [0.3, 0.4) is 0 Å². The largest absolute Gasteiger partial charge is 0.573 e. The molecular formula is C28H25ClF3N4O2+. The highest BCUT2D eigenvalue weighted by molar-refractivity contribution is 6.49. The van der Waals surface area contributed by atoms with E-state index in [-0.39, 0.29) is 15.9 Å². The summed E-state index contributed by atoms with van der Waals surface area (Å²) in [6.07, 6.45) is 4.07. The second-order valence-electron chi connectivity index (χ2n) is 8.86. The number of likely N-dealkylation sites (N-methyl/N-ethyl adjacent to an activating group) is 1. The van der Waals surface area contributed by atoms with Gasteiger partial charge in [-0.3, -0.25) is 19.7 Å². The van der Waals surface area contributed by atoms with Crippen LogP contribution in [-0.4, -0.2) is 36.4 Å². The third-order valence-corrected chi connectivity index (χ3v) is 6.51. The van der Waals surface area contributed by atoms with Gasteiger partial charge >= 0.3 is 6.36 Å². The number of alkyl halides is 3. The molecule has 0 fully saturated rings. The molecular weight excluding hydrogens is 517 g/mol. The summed E-state index contributed by atoms with van der Waals surface area (Å²) >= 11 is 6.17. The van der Waals surface area contributed by atoms with Crippen molar-refractivity contribution in [2.24, 2.45) is 0 Å². The fourth-order valence-corrected chi connectivity index (χ4v) is 4.56. The standard InChI is InChI=1S/C28H24ClF3N4O2/c1-3-18-4-11-25(36(2,17-18)24-12-14-35-23-16-19(29)5-10-22(23)24)27(33)26(37)13-15-34-20-6-8-21(9-7-20)38-28(30,31)32/h4-16,33H,3,17H2,1-2H3/p+1. The number of hydrogen-bond acceptors (Lipinski definition) is 5. The lowest BCUT2D eigenvalue weighted by atomic mass is 9.98. The van der Waals surface area contributed by atoms with Gasteiger partial charge < -0.3 is 10.1 Å². The number of ether oxygens (including phenoxy) is 1. The lowest BCUT2D eigenvalue weighted by molar-refractivity contribution is -0.274. The average molecular weight is 542 g/mol. The smallest absolute Gasteiger partial charge is 0.406 e. The van der Waals surface area contributed by atoms with Gasteiger partial charge in [-0.2, -0.15) is 0 Å². The third kappa shape index (κ3) is 5.95. The summed E-state index contributed by atoms with van der Waals surface area (Å²) in [4.78, 5) is 17.5. The Balaban J connectivity index is 1.57. The van der Waals surface area contributed by atoms with Gasteiger partial charge in [-0.1, -0.05) is 24.6 Å². The van der Waals surface area contributed by atoms with E-state index in [0.717, 1.165) is 35.1 Å². The van der Waals surface area contributed by atoms with E-state index in [0.29, 0.717) is 23.0 Å². The number of ketones is 1. The first kappa shape index (κ1) is 27.1. The third-order valence-electron chi connectivity index (χ3n) is 6.27. The summed E-state index contributed by atoms with van der Waals surface area (Å²) < 4.78 is 41.1. The number of rotatable bonds is 8. The topological polar surface area (TPSA) is 75.1 Å². The fraction of sp³-hybridized carbons (Fsp3) is 0.179. The van der Waals surface area contributed by atoms with Crippen molar-refractivity contribution in [3.63, 3.8) is 0 Å². The molecule has 0 bridgehead atoms. The number of fused-ring (bicyclic) bond motifs is 1. The lowest BCUT2D eigenvalue weighted by Crippen LogP contribution is -2.50. The number of carbonyl (C=O) groups excluding carboxylic acids is 1. The molecule has 2 heterocycles. The van der Waals surface area contributed by atoms with Crippen LogP contribution in [-0.2, 0) is 4.79 Å². The number of hydrogen-bond donors (Lipinski definition) is 2. The number of benzene rings is 2. The monoisotopic (exact) mass is 541 g/mol. The van der Waals surface area contributed by atoms with Crippen molar-refractivity contribution in [3.05, 3.63) is 95.4 Å². The van der Waals surface area contributed by atoms with Crippen LogP contribution in [0, 0.1) is 5.41 Å². The molecule has 38 heavy (non-hydrogen) atoms. The molecule has 10 heteroatoms. The highest BCUT2D eigenvalue weighted by Gasteiger charge is 2.39. The zero-order chi connectivity index (χ0) is 27.5. The maximum atomic E-state index is 13.0. The average Bonchev–Trinajstić information content (AvgIpc) is 2.87. The maximum absolute atomic E-state index is 13.0. The molecule has 1 atom stereocenters. The number of quaternary nitrogens is 1. The second kappa shape index (κ2) is 10.8. The second-order valence-corrected chi connectivity index (χ2v) is 9.30. The van der Waals surface area contributed by atoms with E-state index >= 15 is 0 Å². The summed E-state index contributed by atoms with van der Waals surface area (Å²) in [5.74, 6) is -0.878. The van der Waals surface area contributed by atoms with Gasteiger partial charge in [0, 0.05) is 41.3 Å². The van der Waals surface area contributed by atoms with E-state index in [9.17, 15) is 18.0 Å². The van der Waals surface area contributed by atoms with Gasteiger partial charge in [0.1, 0.15) is 18.0 Å². The van der Waals surface area contributed by atoms with Crippen LogP contribution in [0.25, 0.3) is 10.9 Å². The van der Waals surface area contributed by atoms with Gasteiger partial charge in [0.15, 0.2) is 11.4 Å². The molecule has 1 aliphatic rings. The van der Waals surface area contributed by atoms with Gasteiger partial charge in [0.25, 0.3) is 0 Å². The molecule has 196 valence electrons. The zero-order valence-electron chi connectivity index (χ0n) is 20.6. The van der Waals surface area contributed by atoms with Crippen molar-refractivity contribution in [1.82, 2.24) is 9.47 Å². The Morgan fingerprint density at radius 1 is 1.18 bits per heavy atom. The minimum Gasteiger partial charge on any atom is -0.406 e. The number of nitrogens with one attached hydrogen (secondary N) is 2. The number of nitrogens with zero attached hydrogens (tertiary/aromatic N) is 2. The first-order valence-electron chi connectivity index (χ1n) is 11.7. The summed E-state index contributed by atoms with van der Waals surface area (Å²) in [5, 5.41) is 13.0. The predicted octanol–water partition coefficient (Wildman–Crippen LogP) is 7.17. The van der Waals surface area contributed by atoms with Crippen molar-refractivity contribution in [1.29, 1.82) is 5.41 Å².